The van der Waals surface area contributed by atoms with Gasteiger partial charge < -0.3 is 0 Å². The number of nitrogens with two attached hydrogens (primary N) is 1. The minimum absolute atomic E-state index is 0.408. The summed E-state index contributed by atoms with van der Waals surface area (Å²) in [5.74, 6) is 4.10. The van der Waals surface area contributed by atoms with Crippen molar-refractivity contribution in [1.82, 2.24) is 10.4 Å². The molecule has 3 N–H and O–H groups in total. The van der Waals surface area contributed by atoms with Crippen LogP contribution in [-0.4, -0.2) is 4.98 Å². The van der Waals surface area contributed by atoms with E-state index in [0.29, 0.717) is 11.3 Å². The lowest BCUT2D eigenvalue weighted by atomic mass is 10.1. The van der Waals surface area contributed by atoms with Crippen LogP contribution in [0.15, 0.2) is 29.1 Å². The summed E-state index contributed by atoms with van der Waals surface area (Å²) in [5, 5.41) is 1.77. The van der Waals surface area contributed by atoms with Gasteiger partial charge in [-0.2, -0.15) is 0 Å². The third-order valence-corrected chi connectivity index (χ3v) is 2.74. The zero-order chi connectivity index (χ0) is 11.5. The van der Waals surface area contributed by atoms with Crippen molar-refractivity contribution in [3.63, 3.8) is 0 Å². The van der Waals surface area contributed by atoms with Crippen molar-refractivity contribution in [2.75, 3.05) is 0 Å². The Bertz CT molecular complexity index is 453. The van der Waals surface area contributed by atoms with Crippen LogP contribution in [0.3, 0.4) is 0 Å². The van der Waals surface area contributed by atoms with Crippen LogP contribution in [0.4, 0.5) is 8.78 Å². The lowest BCUT2D eigenvalue weighted by Gasteiger charge is -2.14. The highest BCUT2D eigenvalue weighted by Crippen LogP contribution is 2.22. The van der Waals surface area contributed by atoms with E-state index >= 15 is 0 Å². The fourth-order valence-corrected chi connectivity index (χ4v) is 2.04. The van der Waals surface area contributed by atoms with Crippen molar-refractivity contribution < 1.29 is 8.78 Å². The van der Waals surface area contributed by atoms with E-state index < -0.39 is 17.7 Å². The SMILES string of the molecule is NNC(c1cc(F)cc(F)c1)c1cscn1. The number of nitrogens with zero attached hydrogens (tertiary/aromatic N) is 1. The molecule has 0 amide bonds. The highest BCUT2D eigenvalue weighted by atomic mass is 32.1. The summed E-state index contributed by atoms with van der Waals surface area (Å²) in [6.07, 6.45) is 0. The summed E-state index contributed by atoms with van der Waals surface area (Å²) in [4.78, 5) is 4.05. The molecule has 0 aliphatic heterocycles. The topological polar surface area (TPSA) is 50.9 Å². The van der Waals surface area contributed by atoms with Crippen molar-refractivity contribution in [1.29, 1.82) is 0 Å². The molecular formula is C10H9F2N3S. The minimum Gasteiger partial charge on any atom is -0.271 e. The van der Waals surface area contributed by atoms with Crippen molar-refractivity contribution >= 4 is 11.3 Å². The zero-order valence-electron chi connectivity index (χ0n) is 8.15. The summed E-state index contributed by atoms with van der Waals surface area (Å²) >= 11 is 1.39. The highest BCUT2D eigenvalue weighted by Gasteiger charge is 2.15. The highest BCUT2D eigenvalue weighted by molar-refractivity contribution is 7.07. The average molecular weight is 241 g/mol. The summed E-state index contributed by atoms with van der Waals surface area (Å²) in [6, 6.07) is 2.77. The Morgan fingerprint density at radius 3 is 2.44 bits per heavy atom. The molecular weight excluding hydrogens is 232 g/mol. The van der Waals surface area contributed by atoms with E-state index in [1.165, 1.54) is 23.5 Å². The van der Waals surface area contributed by atoms with Crippen LogP contribution < -0.4 is 11.3 Å². The first-order valence-electron chi connectivity index (χ1n) is 4.51. The van der Waals surface area contributed by atoms with Gasteiger partial charge in [0.1, 0.15) is 11.6 Å². The molecule has 84 valence electrons. The standard InChI is InChI=1S/C10H9F2N3S/c11-7-1-6(2-8(12)3-7)10(15-13)9-4-16-5-14-9/h1-5,10,15H,13H2. The van der Waals surface area contributed by atoms with Gasteiger partial charge in [-0.3, -0.25) is 5.84 Å². The van der Waals surface area contributed by atoms with Gasteiger partial charge in [0.25, 0.3) is 0 Å². The predicted molar refractivity (Wildman–Crippen MR) is 57.6 cm³/mol. The summed E-state index contributed by atoms with van der Waals surface area (Å²) in [6.45, 7) is 0. The zero-order valence-corrected chi connectivity index (χ0v) is 8.97. The molecule has 0 aliphatic rings. The maximum atomic E-state index is 13.0. The molecule has 0 radical (unpaired) electrons. The number of halogens is 2. The van der Waals surface area contributed by atoms with Gasteiger partial charge in [-0.05, 0) is 17.7 Å². The summed E-state index contributed by atoms with van der Waals surface area (Å²) in [5.41, 5.74) is 5.17. The first kappa shape index (κ1) is 11.1. The van der Waals surface area contributed by atoms with Crippen LogP contribution in [-0.2, 0) is 0 Å². The first-order chi connectivity index (χ1) is 7.70. The Morgan fingerprint density at radius 2 is 1.94 bits per heavy atom. The Kier molecular flexibility index (Phi) is 3.23. The van der Waals surface area contributed by atoms with Gasteiger partial charge in [0.05, 0.1) is 17.2 Å². The molecule has 1 atom stereocenters. The molecule has 0 saturated heterocycles. The number of thiazole rings is 1. The molecule has 0 aliphatic carbocycles. The van der Waals surface area contributed by atoms with Crippen molar-refractivity contribution in [2.45, 2.75) is 6.04 Å². The van der Waals surface area contributed by atoms with E-state index in [9.17, 15) is 8.78 Å². The Labute approximate surface area is 94.9 Å². The molecule has 1 aromatic heterocycles. The van der Waals surface area contributed by atoms with Crippen molar-refractivity contribution in [2.24, 2.45) is 5.84 Å². The van der Waals surface area contributed by atoms with E-state index in [1.54, 1.807) is 10.9 Å². The average Bonchev–Trinajstić information content (AvgIpc) is 2.70. The minimum atomic E-state index is -0.634. The molecule has 16 heavy (non-hydrogen) atoms. The Hall–Kier alpha value is -1.37. The molecule has 0 fully saturated rings. The maximum Gasteiger partial charge on any atom is 0.126 e. The summed E-state index contributed by atoms with van der Waals surface area (Å²) in [7, 11) is 0. The number of benzene rings is 1. The fourth-order valence-electron chi connectivity index (χ4n) is 1.46. The van der Waals surface area contributed by atoms with E-state index in [4.69, 9.17) is 5.84 Å². The van der Waals surface area contributed by atoms with E-state index in [0.717, 1.165) is 6.07 Å². The van der Waals surface area contributed by atoms with E-state index in [1.807, 2.05) is 0 Å². The number of aromatic nitrogens is 1. The fraction of sp³-hybridized carbons (Fsp3) is 0.100. The Balaban J connectivity index is 2.41. The van der Waals surface area contributed by atoms with Crippen LogP contribution in [0.2, 0.25) is 0 Å². The molecule has 0 saturated carbocycles. The maximum absolute atomic E-state index is 13.0. The first-order valence-corrected chi connectivity index (χ1v) is 5.45. The number of nitrogens with one attached hydrogen (secondary N) is 1. The molecule has 6 heteroatoms. The summed E-state index contributed by atoms with van der Waals surface area (Å²) < 4.78 is 26.1. The quantitative estimate of drug-likeness (QED) is 0.638. The van der Waals surface area contributed by atoms with Crippen LogP contribution in [0, 0.1) is 11.6 Å². The molecule has 1 heterocycles. The van der Waals surface area contributed by atoms with Gasteiger partial charge in [0.2, 0.25) is 0 Å². The monoisotopic (exact) mass is 241 g/mol. The number of hydrazine groups is 1. The molecule has 1 aromatic carbocycles. The van der Waals surface area contributed by atoms with Gasteiger partial charge in [-0.1, -0.05) is 0 Å². The van der Waals surface area contributed by atoms with Crippen LogP contribution in [0.5, 0.6) is 0 Å². The van der Waals surface area contributed by atoms with Gasteiger partial charge in [0, 0.05) is 11.4 Å². The molecule has 2 rings (SSSR count). The third kappa shape index (κ3) is 2.24. The van der Waals surface area contributed by atoms with Crippen LogP contribution in [0.25, 0.3) is 0 Å². The van der Waals surface area contributed by atoms with Gasteiger partial charge in [-0.25, -0.2) is 19.2 Å². The van der Waals surface area contributed by atoms with E-state index in [2.05, 4.69) is 10.4 Å². The third-order valence-electron chi connectivity index (χ3n) is 2.13. The second kappa shape index (κ2) is 4.65. The number of hydrogen-bond donors (Lipinski definition) is 2. The predicted octanol–water partition coefficient (Wildman–Crippen LogP) is 1.97. The molecule has 0 spiro atoms. The second-order valence-electron chi connectivity index (χ2n) is 3.22. The molecule has 1 unspecified atom stereocenters. The van der Waals surface area contributed by atoms with Gasteiger partial charge in [-0.15, -0.1) is 11.3 Å². The smallest absolute Gasteiger partial charge is 0.126 e. The molecule has 0 bridgehead atoms. The molecule has 3 nitrogen and oxygen atoms in total. The number of hydrogen-bond acceptors (Lipinski definition) is 4. The second-order valence-corrected chi connectivity index (χ2v) is 3.93. The molecule has 2 aromatic rings. The van der Waals surface area contributed by atoms with Crippen molar-refractivity contribution in [3.8, 4) is 0 Å². The largest absolute Gasteiger partial charge is 0.271 e. The number of rotatable bonds is 3. The van der Waals surface area contributed by atoms with Crippen LogP contribution >= 0.6 is 11.3 Å². The van der Waals surface area contributed by atoms with Gasteiger partial charge in [0.15, 0.2) is 0 Å². The van der Waals surface area contributed by atoms with Gasteiger partial charge >= 0.3 is 0 Å². The lowest BCUT2D eigenvalue weighted by Crippen LogP contribution is -2.29. The van der Waals surface area contributed by atoms with Crippen LogP contribution in [0.1, 0.15) is 17.3 Å². The Morgan fingerprint density at radius 1 is 1.25 bits per heavy atom. The van der Waals surface area contributed by atoms with Crippen molar-refractivity contribution in [3.05, 3.63) is 52.0 Å². The van der Waals surface area contributed by atoms with E-state index in [-0.39, 0.29) is 0 Å². The normalized spacial score (nSPS) is 12.7. The lowest BCUT2D eigenvalue weighted by molar-refractivity contribution is 0.563.